The third kappa shape index (κ3) is 3.10. The maximum absolute atomic E-state index is 12.8. The van der Waals surface area contributed by atoms with E-state index in [4.69, 9.17) is 11.6 Å². The maximum atomic E-state index is 12.8. The van der Waals surface area contributed by atoms with Crippen molar-refractivity contribution in [3.05, 3.63) is 63.7 Å². The molecule has 2 aromatic carbocycles. The van der Waals surface area contributed by atoms with Crippen molar-refractivity contribution in [3.8, 4) is 0 Å². The molecule has 0 atom stereocenters. The number of rotatable bonds is 5. The number of carbonyl (C=O) groups excluding carboxylic acids is 1. The normalized spacial score (nSPS) is 15.4. The number of amides is 1. The fraction of sp³-hybridized carbons (Fsp3) is 0.188. The Bertz CT molecular complexity index is 953. The highest BCUT2D eigenvalue weighted by molar-refractivity contribution is 7.94. The molecule has 1 amide bonds. The molecule has 1 aliphatic carbocycles. The van der Waals surface area contributed by atoms with E-state index in [1.165, 1.54) is 48.5 Å². The summed E-state index contributed by atoms with van der Waals surface area (Å²) < 4.78 is 24.1. The molecule has 0 heterocycles. The van der Waals surface area contributed by atoms with Gasteiger partial charge in [-0.25, -0.2) is 8.42 Å². The predicted molar refractivity (Wildman–Crippen MR) is 92.3 cm³/mol. The summed E-state index contributed by atoms with van der Waals surface area (Å²) in [6, 6.07) is 11.0. The molecule has 0 saturated heterocycles. The Morgan fingerprint density at radius 1 is 1.16 bits per heavy atom. The number of nitrogens with one attached hydrogen (secondary N) is 1. The van der Waals surface area contributed by atoms with Gasteiger partial charge in [-0.05, 0) is 43.2 Å². The lowest BCUT2D eigenvalue weighted by Gasteiger charge is -2.16. The Balaban J connectivity index is 1.87. The summed E-state index contributed by atoms with van der Waals surface area (Å²) in [5, 5.41) is 13.7. The molecule has 130 valence electrons. The first-order valence-electron chi connectivity index (χ1n) is 7.32. The van der Waals surface area contributed by atoms with Crippen LogP contribution in [0.3, 0.4) is 0 Å². The van der Waals surface area contributed by atoms with Gasteiger partial charge in [-0.2, -0.15) is 0 Å². The van der Waals surface area contributed by atoms with Crippen LogP contribution in [0.1, 0.15) is 12.8 Å². The molecule has 2 aromatic rings. The monoisotopic (exact) mass is 380 g/mol. The summed E-state index contributed by atoms with van der Waals surface area (Å²) in [6.07, 6.45) is 0.386. The molecule has 9 heteroatoms. The van der Waals surface area contributed by atoms with Crippen LogP contribution in [-0.4, -0.2) is 24.0 Å². The fourth-order valence-corrected chi connectivity index (χ4v) is 4.52. The van der Waals surface area contributed by atoms with Crippen molar-refractivity contribution in [2.75, 3.05) is 5.32 Å². The topological polar surface area (TPSA) is 106 Å². The molecule has 7 nitrogen and oxygen atoms in total. The Kier molecular flexibility index (Phi) is 4.26. The van der Waals surface area contributed by atoms with E-state index >= 15 is 0 Å². The van der Waals surface area contributed by atoms with Crippen LogP contribution in [0.5, 0.6) is 0 Å². The molecule has 0 unspecified atom stereocenters. The number of non-ortho nitro benzene ring substituents is 1. The molecule has 0 bridgehead atoms. The minimum absolute atomic E-state index is 0.0172. The minimum atomic E-state index is -3.89. The van der Waals surface area contributed by atoms with Crippen LogP contribution >= 0.6 is 11.6 Å². The third-order valence-electron chi connectivity index (χ3n) is 4.07. The van der Waals surface area contributed by atoms with Crippen LogP contribution < -0.4 is 5.32 Å². The van der Waals surface area contributed by atoms with Crippen molar-refractivity contribution in [2.24, 2.45) is 0 Å². The van der Waals surface area contributed by atoms with Gasteiger partial charge in [0.2, 0.25) is 5.91 Å². The van der Waals surface area contributed by atoms with E-state index in [-0.39, 0.29) is 29.1 Å². The first kappa shape index (κ1) is 17.4. The van der Waals surface area contributed by atoms with Crippen LogP contribution in [0.15, 0.2) is 53.4 Å². The van der Waals surface area contributed by atoms with E-state index in [1.807, 2.05) is 0 Å². The highest BCUT2D eigenvalue weighted by Gasteiger charge is 2.61. The summed E-state index contributed by atoms with van der Waals surface area (Å²) in [5.74, 6) is -0.692. The summed E-state index contributed by atoms with van der Waals surface area (Å²) in [7, 11) is -3.89. The van der Waals surface area contributed by atoms with Gasteiger partial charge in [-0.1, -0.05) is 17.7 Å². The summed E-state index contributed by atoms with van der Waals surface area (Å²) >= 11 is 5.77. The van der Waals surface area contributed by atoms with Gasteiger partial charge in [0.1, 0.15) is 0 Å². The summed E-state index contributed by atoms with van der Waals surface area (Å²) in [6.45, 7) is 0. The van der Waals surface area contributed by atoms with Gasteiger partial charge >= 0.3 is 0 Å². The van der Waals surface area contributed by atoms with Crippen molar-refractivity contribution in [1.82, 2.24) is 0 Å². The van der Waals surface area contributed by atoms with E-state index in [0.717, 1.165) is 0 Å². The number of carbonyl (C=O) groups is 1. The molecule has 1 aliphatic rings. The second kappa shape index (κ2) is 6.12. The lowest BCUT2D eigenvalue weighted by Crippen LogP contribution is -2.37. The number of halogens is 1. The standard InChI is InChI=1S/C16H13ClN2O5S/c17-11-4-6-14(7-5-11)25(23,24)16(8-9-16)15(20)18-12-2-1-3-13(10-12)19(21)22/h1-7,10H,8-9H2,(H,18,20). The molecule has 0 aromatic heterocycles. The average Bonchev–Trinajstić information content (AvgIpc) is 3.38. The first-order chi connectivity index (χ1) is 11.8. The van der Waals surface area contributed by atoms with Gasteiger partial charge < -0.3 is 5.32 Å². The van der Waals surface area contributed by atoms with Gasteiger partial charge in [0, 0.05) is 22.8 Å². The maximum Gasteiger partial charge on any atom is 0.271 e. The summed E-state index contributed by atoms with van der Waals surface area (Å²) in [4.78, 5) is 22.8. The molecule has 0 aliphatic heterocycles. The van der Waals surface area contributed by atoms with Crippen molar-refractivity contribution < 1.29 is 18.1 Å². The van der Waals surface area contributed by atoms with Gasteiger partial charge in [0.25, 0.3) is 5.69 Å². The van der Waals surface area contributed by atoms with E-state index in [0.29, 0.717) is 5.02 Å². The Morgan fingerprint density at radius 3 is 2.36 bits per heavy atom. The van der Waals surface area contributed by atoms with Crippen molar-refractivity contribution in [1.29, 1.82) is 0 Å². The van der Waals surface area contributed by atoms with Crippen LogP contribution in [0, 0.1) is 10.1 Å². The Hall–Kier alpha value is -2.45. The van der Waals surface area contributed by atoms with Crippen LogP contribution in [0.2, 0.25) is 5.02 Å². The Morgan fingerprint density at radius 2 is 1.80 bits per heavy atom. The first-order valence-corrected chi connectivity index (χ1v) is 9.18. The minimum Gasteiger partial charge on any atom is -0.324 e. The highest BCUT2D eigenvalue weighted by atomic mass is 35.5. The number of hydrogen-bond donors (Lipinski definition) is 1. The Labute approximate surface area is 148 Å². The highest BCUT2D eigenvalue weighted by Crippen LogP contribution is 2.47. The second-order valence-electron chi connectivity index (χ2n) is 5.71. The van der Waals surface area contributed by atoms with E-state index in [2.05, 4.69) is 5.32 Å². The number of anilines is 1. The number of benzene rings is 2. The van der Waals surface area contributed by atoms with Crippen LogP contribution in [-0.2, 0) is 14.6 Å². The molecule has 0 spiro atoms. The van der Waals surface area contributed by atoms with E-state index < -0.39 is 25.4 Å². The largest absolute Gasteiger partial charge is 0.324 e. The second-order valence-corrected chi connectivity index (χ2v) is 8.41. The van der Waals surface area contributed by atoms with Crippen molar-refractivity contribution >= 4 is 38.7 Å². The number of sulfone groups is 1. The van der Waals surface area contributed by atoms with Gasteiger partial charge in [0.05, 0.1) is 9.82 Å². The van der Waals surface area contributed by atoms with E-state index in [1.54, 1.807) is 0 Å². The average molecular weight is 381 g/mol. The van der Waals surface area contributed by atoms with Gasteiger partial charge in [0.15, 0.2) is 14.6 Å². The van der Waals surface area contributed by atoms with E-state index in [9.17, 15) is 23.3 Å². The molecule has 0 radical (unpaired) electrons. The molecule has 25 heavy (non-hydrogen) atoms. The van der Waals surface area contributed by atoms with Crippen LogP contribution in [0.25, 0.3) is 0 Å². The molecular formula is C16H13ClN2O5S. The van der Waals surface area contributed by atoms with Crippen LogP contribution in [0.4, 0.5) is 11.4 Å². The smallest absolute Gasteiger partial charge is 0.271 e. The predicted octanol–water partition coefficient (Wildman–Crippen LogP) is 3.19. The number of nitro benzene ring substituents is 1. The SMILES string of the molecule is O=C(Nc1cccc([N+](=O)[O-])c1)C1(S(=O)(=O)c2ccc(Cl)cc2)CC1. The molecule has 3 rings (SSSR count). The lowest BCUT2D eigenvalue weighted by molar-refractivity contribution is -0.384. The quantitative estimate of drug-likeness (QED) is 0.633. The molecule has 1 N–H and O–H groups in total. The number of hydrogen-bond acceptors (Lipinski definition) is 5. The molecular weight excluding hydrogens is 368 g/mol. The zero-order valence-corrected chi connectivity index (χ0v) is 14.4. The zero-order chi connectivity index (χ0) is 18.2. The zero-order valence-electron chi connectivity index (χ0n) is 12.8. The fourth-order valence-electron chi connectivity index (χ4n) is 2.51. The lowest BCUT2D eigenvalue weighted by atomic mass is 10.2. The van der Waals surface area contributed by atoms with Gasteiger partial charge in [-0.15, -0.1) is 0 Å². The number of nitrogens with zero attached hydrogens (tertiary/aromatic N) is 1. The third-order valence-corrected chi connectivity index (χ3v) is 6.84. The summed E-state index contributed by atoms with van der Waals surface area (Å²) in [5.41, 5.74) is -0.0139. The van der Waals surface area contributed by atoms with Crippen molar-refractivity contribution in [2.45, 2.75) is 22.5 Å². The van der Waals surface area contributed by atoms with Gasteiger partial charge in [-0.3, -0.25) is 14.9 Å². The molecule has 1 fully saturated rings. The van der Waals surface area contributed by atoms with Crippen molar-refractivity contribution in [3.63, 3.8) is 0 Å². The number of nitro groups is 1. The molecule has 1 saturated carbocycles.